The Hall–Kier alpha value is -3.42. The molecule has 4 aromatic rings. The number of aryl methyl sites for hydroxylation is 2. The molecule has 4 rings (SSSR count). The van der Waals surface area contributed by atoms with E-state index in [0.29, 0.717) is 11.4 Å². The van der Waals surface area contributed by atoms with Crippen molar-refractivity contribution in [1.29, 1.82) is 0 Å². The number of carbonyl (C=O) groups excluding carboxylic acids is 1. The van der Waals surface area contributed by atoms with Gasteiger partial charge in [-0.15, -0.1) is 0 Å². The minimum Gasteiger partial charge on any atom is -0.340 e. The molecule has 2 N–H and O–H groups in total. The molecule has 0 aliphatic rings. The molecule has 1 amide bonds. The van der Waals surface area contributed by atoms with Gasteiger partial charge in [-0.2, -0.15) is 10.2 Å². The van der Waals surface area contributed by atoms with Crippen molar-refractivity contribution in [1.82, 2.24) is 34.8 Å². The van der Waals surface area contributed by atoms with Gasteiger partial charge in [0.05, 0.1) is 28.5 Å². The number of aromatic amines is 1. The molecule has 8 heteroatoms. The predicted octanol–water partition coefficient (Wildman–Crippen LogP) is 4.48. The van der Waals surface area contributed by atoms with Gasteiger partial charge in [0.2, 0.25) is 0 Å². The summed E-state index contributed by atoms with van der Waals surface area (Å²) in [6, 6.07) is 9.85. The fourth-order valence-electron chi connectivity index (χ4n) is 4.28. The molecule has 0 bridgehead atoms. The summed E-state index contributed by atoms with van der Waals surface area (Å²) in [6.45, 7) is 12.4. The first-order valence-electron chi connectivity index (χ1n) is 11.0. The van der Waals surface area contributed by atoms with E-state index in [2.05, 4.69) is 58.9 Å². The van der Waals surface area contributed by atoms with Crippen LogP contribution in [0.15, 0.2) is 30.3 Å². The number of para-hydroxylation sites is 2. The Bertz CT molecular complexity index is 1270. The van der Waals surface area contributed by atoms with Crippen molar-refractivity contribution in [3.63, 3.8) is 0 Å². The van der Waals surface area contributed by atoms with Crippen LogP contribution in [-0.2, 0) is 7.05 Å². The molecule has 8 nitrogen and oxygen atoms in total. The van der Waals surface area contributed by atoms with Gasteiger partial charge in [0, 0.05) is 24.3 Å². The van der Waals surface area contributed by atoms with Gasteiger partial charge in [-0.3, -0.25) is 14.6 Å². The van der Waals surface area contributed by atoms with Gasteiger partial charge in [-0.1, -0.05) is 26.0 Å². The van der Waals surface area contributed by atoms with Crippen LogP contribution in [0.5, 0.6) is 0 Å². The molecule has 0 fully saturated rings. The van der Waals surface area contributed by atoms with Crippen molar-refractivity contribution in [2.45, 2.75) is 53.6 Å². The number of hydrogen-bond donors (Lipinski definition) is 2. The van der Waals surface area contributed by atoms with E-state index in [1.807, 2.05) is 43.8 Å². The first-order valence-corrected chi connectivity index (χ1v) is 11.0. The quantitative estimate of drug-likeness (QED) is 0.469. The summed E-state index contributed by atoms with van der Waals surface area (Å²) >= 11 is 0. The van der Waals surface area contributed by atoms with Gasteiger partial charge in [-0.05, 0) is 51.8 Å². The molecular formula is C24H31N7O. The second kappa shape index (κ2) is 8.26. The summed E-state index contributed by atoms with van der Waals surface area (Å²) in [4.78, 5) is 18.1. The molecule has 0 unspecified atom stereocenters. The zero-order chi connectivity index (χ0) is 23.2. The average Bonchev–Trinajstić information content (AvgIpc) is 3.42. The SMILES string of the molecule is Cc1nn(C)c(C)c1-c1cc(C(=O)N[C@@H](c2nc3ccccc3n2C(C)C)C(C)C)[nH]n1. The Morgan fingerprint density at radius 2 is 1.84 bits per heavy atom. The van der Waals surface area contributed by atoms with E-state index in [9.17, 15) is 4.79 Å². The van der Waals surface area contributed by atoms with Crippen LogP contribution < -0.4 is 5.32 Å². The zero-order valence-electron chi connectivity index (χ0n) is 19.8. The third kappa shape index (κ3) is 3.70. The highest BCUT2D eigenvalue weighted by molar-refractivity contribution is 5.93. The van der Waals surface area contributed by atoms with E-state index in [4.69, 9.17) is 4.98 Å². The lowest BCUT2D eigenvalue weighted by molar-refractivity contribution is 0.0916. The minimum atomic E-state index is -0.245. The fraction of sp³-hybridized carbons (Fsp3) is 0.417. The Labute approximate surface area is 188 Å². The lowest BCUT2D eigenvalue weighted by Crippen LogP contribution is -2.34. The lowest BCUT2D eigenvalue weighted by atomic mass is 10.0. The largest absolute Gasteiger partial charge is 0.340 e. The number of aromatic nitrogens is 6. The highest BCUT2D eigenvalue weighted by Crippen LogP contribution is 2.30. The summed E-state index contributed by atoms with van der Waals surface area (Å²) in [6.07, 6.45) is 0. The first kappa shape index (κ1) is 21.8. The molecule has 1 aromatic carbocycles. The number of nitrogens with one attached hydrogen (secondary N) is 2. The molecule has 0 saturated heterocycles. The monoisotopic (exact) mass is 433 g/mol. The van der Waals surface area contributed by atoms with Crippen molar-refractivity contribution < 1.29 is 4.79 Å². The van der Waals surface area contributed by atoms with Crippen LogP contribution in [0.25, 0.3) is 22.3 Å². The van der Waals surface area contributed by atoms with Crippen molar-refractivity contribution in [3.05, 3.63) is 53.2 Å². The third-order valence-electron chi connectivity index (χ3n) is 5.96. The number of amides is 1. The van der Waals surface area contributed by atoms with Crippen molar-refractivity contribution >= 4 is 16.9 Å². The molecule has 0 saturated carbocycles. The Morgan fingerprint density at radius 1 is 1.12 bits per heavy atom. The number of hydrogen-bond acceptors (Lipinski definition) is 4. The molecule has 1 atom stereocenters. The second-order valence-electron chi connectivity index (χ2n) is 8.95. The van der Waals surface area contributed by atoms with E-state index >= 15 is 0 Å². The van der Waals surface area contributed by atoms with Crippen molar-refractivity contribution in [3.8, 4) is 11.3 Å². The molecule has 0 aliphatic heterocycles. The Kier molecular flexibility index (Phi) is 5.62. The predicted molar refractivity (Wildman–Crippen MR) is 125 cm³/mol. The summed E-state index contributed by atoms with van der Waals surface area (Å²) < 4.78 is 4.03. The molecule has 32 heavy (non-hydrogen) atoms. The van der Waals surface area contributed by atoms with Gasteiger partial charge in [0.1, 0.15) is 11.5 Å². The van der Waals surface area contributed by atoms with Gasteiger partial charge in [-0.25, -0.2) is 4.98 Å². The lowest BCUT2D eigenvalue weighted by Gasteiger charge is -2.24. The van der Waals surface area contributed by atoms with Crippen LogP contribution in [0.3, 0.4) is 0 Å². The number of carbonyl (C=O) groups is 1. The fourth-order valence-corrected chi connectivity index (χ4v) is 4.28. The maximum absolute atomic E-state index is 13.2. The van der Waals surface area contributed by atoms with Crippen LogP contribution >= 0.6 is 0 Å². The molecular weight excluding hydrogens is 402 g/mol. The van der Waals surface area contributed by atoms with Crippen molar-refractivity contribution in [2.75, 3.05) is 0 Å². The maximum Gasteiger partial charge on any atom is 0.269 e. The minimum absolute atomic E-state index is 0.151. The zero-order valence-corrected chi connectivity index (χ0v) is 19.8. The van der Waals surface area contributed by atoms with Gasteiger partial charge in [0.15, 0.2) is 0 Å². The van der Waals surface area contributed by atoms with Crippen LogP contribution in [-0.4, -0.2) is 35.4 Å². The summed E-state index contributed by atoms with van der Waals surface area (Å²) in [7, 11) is 1.90. The number of fused-ring (bicyclic) bond motifs is 1. The normalized spacial score (nSPS) is 12.8. The van der Waals surface area contributed by atoms with E-state index in [0.717, 1.165) is 33.8 Å². The number of nitrogens with zero attached hydrogens (tertiary/aromatic N) is 5. The molecule has 3 aromatic heterocycles. The smallest absolute Gasteiger partial charge is 0.269 e. The average molecular weight is 434 g/mol. The van der Waals surface area contributed by atoms with E-state index in [1.165, 1.54) is 0 Å². The number of rotatable bonds is 6. The molecule has 0 aliphatic carbocycles. The summed E-state index contributed by atoms with van der Waals surface area (Å²) in [5, 5.41) is 14.9. The van der Waals surface area contributed by atoms with Crippen LogP contribution in [0.4, 0.5) is 0 Å². The van der Waals surface area contributed by atoms with E-state index in [1.54, 1.807) is 6.07 Å². The summed E-state index contributed by atoms with van der Waals surface area (Å²) in [5.74, 6) is 0.811. The maximum atomic E-state index is 13.2. The molecule has 0 spiro atoms. The van der Waals surface area contributed by atoms with Crippen LogP contribution in [0, 0.1) is 19.8 Å². The highest BCUT2D eigenvalue weighted by atomic mass is 16.2. The highest BCUT2D eigenvalue weighted by Gasteiger charge is 2.27. The molecule has 0 radical (unpaired) electrons. The van der Waals surface area contributed by atoms with Crippen molar-refractivity contribution in [2.24, 2.45) is 13.0 Å². The first-order chi connectivity index (χ1) is 15.2. The van der Waals surface area contributed by atoms with Gasteiger partial charge < -0.3 is 9.88 Å². The third-order valence-corrected chi connectivity index (χ3v) is 5.96. The van der Waals surface area contributed by atoms with Gasteiger partial charge >= 0.3 is 0 Å². The topological polar surface area (TPSA) is 93.4 Å². The second-order valence-corrected chi connectivity index (χ2v) is 8.95. The van der Waals surface area contributed by atoms with E-state index in [-0.39, 0.29) is 23.9 Å². The Balaban J connectivity index is 1.67. The number of benzene rings is 1. The molecule has 3 heterocycles. The molecule has 168 valence electrons. The number of imidazole rings is 1. The van der Waals surface area contributed by atoms with Gasteiger partial charge in [0.25, 0.3) is 5.91 Å². The Morgan fingerprint density at radius 3 is 2.47 bits per heavy atom. The standard InChI is InChI=1S/C24H31N7O/c1-13(2)22(23-25-17-10-8-9-11-20(17)31(23)14(3)4)26-24(32)19-12-18(27-28-19)21-15(5)29-30(7)16(21)6/h8-14,22H,1-7H3,(H,26,32)(H,27,28)/t22-/m1/s1. The van der Waals surface area contributed by atoms with Crippen LogP contribution in [0.1, 0.15) is 67.5 Å². The number of H-pyrrole nitrogens is 1. The van der Waals surface area contributed by atoms with Crippen LogP contribution in [0.2, 0.25) is 0 Å². The van der Waals surface area contributed by atoms with E-state index < -0.39 is 0 Å². The summed E-state index contributed by atoms with van der Waals surface area (Å²) in [5.41, 5.74) is 5.98.